The molecule has 2 rings (SSSR count). The Labute approximate surface area is 103 Å². The van der Waals surface area contributed by atoms with Crippen molar-refractivity contribution >= 4 is 5.97 Å². The van der Waals surface area contributed by atoms with E-state index in [2.05, 4.69) is 12.1 Å². The maximum Gasteiger partial charge on any atom is 0.306 e. The highest BCUT2D eigenvalue weighted by Gasteiger charge is 2.33. The number of hydrogen-bond donors (Lipinski definition) is 1. The molecule has 92 valence electrons. The molecular weight excluding hydrogens is 212 g/mol. The van der Waals surface area contributed by atoms with Gasteiger partial charge in [-0.2, -0.15) is 0 Å². The van der Waals surface area contributed by atoms with E-state index in [-0.39, 0.29) is 5.92 Å². The zero-order valence-electron chi connectivity index (χ0n) is 10.3. The summed E-state index contributed by atoms with van der Waals surface area (Å²) in [7, 11) is 0. The van der Waals surface area contributed by atoms with Crippen molar-refractivity contribution in [1.82, 2.24) is 0 Å². The fourth-order valence-electron chi connectivity index (χ4n) is 3.06. The molecule has 0 radical (unpaired) electrons. The van der Waals surface area contributed by atoms with E-state index in [0.29, 0.717) is 11.8 Å². The van der Waals surface area contributed by atoms with Crippen LogP contribution in [-0.4, -0.2) is 11.1 Å². The number of carboxylic acids is 1. The van der Waals surface area contributed by atoms with Crippen molar-refractivity contribution in [2.24, 2.45) is 11.8 Å². The zero-order chi connectivity index (χ0) is 12.3. The molecule has 3 unspecified atom stereocenters. The molecule has 1 saturated carbocycles. The van der Waals surface area contributed by atoms with Crippen molar-refractivity contribution in [3.8, 4) is 0 Å². The molecule has 0 bridgehead atoms. The Morgan fingerprint density at radius 3 is 2.53 bits per heavy atom. The summed E-state index contributed by atoms with van der Waals surface area (Å²) in [5.74, 6) is -0.168. The monoisotopic (exact) mass is 232 g/mol. The molecular formula is C15H20O2. The summed E-state index contributed by atoms with van der Waals surface area (Å²) < 4.78 is 0. The van der Waals surface area contributed by atoms with Gasteiger partial charge in [0.2, 0.25) is 0 Å². The lowest BCUT2D eigenvalue weighted by atomic mass is 9.70. The van der Waals surface area contributed by atoms with Gasteiger partial charge in [0.05, 0.1) is 5.92 Å². The molecule has 0 aromatic heterocycles. The Morgan fingerprint density at radius 2 is 1.88 bits per heavy atom. The van der Waals surface area contributed by atoms with Crippen LogP contribution >= 0.6 is 0 Å². The van der Waals surface area contributed by atoms with Crippen LogP contribution in [0.4, 0.5) is 0 Å². The van der Waals surface area contributed by atoms with Crippen molar-refractivity contribution in [1.29, 1.82) is 0 Å². The third-order valence-electron chi connectivity index (χ3n) is 4.08. The average molecular weight is 232 g/mol. The van der Waals surface area contributed by atoms with Crippen molar-refractivity contribution < 1.29 is 9.90 Å². The number of rotatable bonds is 3. The molecule has 17 heavy (non-hydrogen) atoms. The molecule has 0 spiro atoms. The second-order valence-electron chi connectivity index (χ2n) is 5.09. The van der Waals surface area contributed by atoms with Crippen LogP contribution in [-0.2, 0) is 4.79 Å². The molecule has 1 N–H and O–H groups in total. The predicted octanol–water partition coefficient (Wildman–Crippen LogP) is 3.68. The summed E-state index contributed by atoms with van der Waals surface area (Å²) in [6.07, 6.45) is 4.58. The van der Waals surface area contributed by atoms with Gasteiger partial charge in [0.25, 0.3) is 0 Å². The first kappa shape index (κ1) is 12.2. The molecule has 1 aliphatic carbocycles. The predicted molar refractivity (Wildman–Crippen MR) is 67.9 cm³/mol. The van der Waals surface area contributed by atoms with Gasteiger partial charge in [-0.05, 0) is 30.2 Å². The van der Waals surface area contributed by atoms with E-state index in [4.69, 9.17) is 0 Å². The third-order valence-corrected chi connectivity index (χ3v) is 4.08. The van der Waals surface area contributed by atoms with E-state index in [9.17, 15) is 9.90 Å². The summed E-state index contributed by atoms with van der Waals surface area (Å²) in [6, 6.07) is 10.4. The van der Waals surface area contributed by atoms with Gasteiger partial charge in [0.1, 0.15) is 0 Å². The van der Waals surface area contributed by atoms with Crippen LogP contribution in [0.25, 0.3) is 0 Å². The average Bonchev–Trinajstić information content (AvgIpc) is 2.39. The lowest BCUT2D eigenvalue weighted by Crippen LogP contribution is -2.28. The summed E-state index contributed by atoms with van der Waals surface area (Å²) in [5, 5.41) is 9.20. The van der Waals surface area contributed by atoms with Gasteiger partial charge in [-0.15, -0.1) is 0 Å². The molecule has 1 aliphatic rings. The van der Waals surface area contributed by atoms with E-state index in [1.54, 1.807) is 0 Å². The largest absolute Gasteiger partial charge is 0.481 e. The summed E-state index contributed by atoms with van der Waals surface area (Å²) in [5.41, 5.74) is 1.31. The van der Waals surface area contributed by atoms with Crippen molar-refractivity contribution in [2.75, 3.05) is 0 Å². The first-order chi connectivity index (χ1) is 8.20. The standard InChI is InChI=1S/C15H20O2/c1-11(15(16)17)13-9-5-6-10-14(13)12-7-3-2-4-8-12/h2-4,7-8,11,13-14H,5-6,9-10H2,1H3,(H,16,17). The molecule has 0 aliphatic heterocycles. The maximum absolute atomic E-state index is 11.2. The fourth-order valence-corrected chi connectivity index (χ4v) is 3.06. The molecule has 1 fully saturated rings. The van der Waals surface area contributed by atoms with E-state index < -0.39 is 5.97 Å². The summed E-state index contributed by atoms with van der Waals surface area (Å²) in [6.45, 7) is 1.86. The van der Waals surface area contributed by atoms with Crippen LogP contribution in [0.1, 0.15) is 44.1 Å². The van der Waals surface area contributed by atoms with Crippen LogP contribution < -0.4 is 0 Å². The lowest BCUT2D eigenvalue weighted by molar-refractivity contribution is -0.143. The second-order valence-corrected chi connectivity index (χ2v) is 5.09. The van der Waals surface area contributed by atoms with Gasteiger partial charge in [0, 0.05) is 0 Å². The van der Waals surface area contributed by atoms with Gasteiger partial charge < -0.3 is 5.11 Å². The Bertz CT molecular complexity index is 372. The Balaban J connectivity index is 2.21. The van der Waals surface area contributed by atoms with Gasteiger partial charge in [0.15, 0.2) is 0 Å². The number of hydrogen-bond acceptors (Lipinski definition) is 1. The maximum atomic E-state index is 11.2. The van der Waals surface area contributed by atoms with E-state index >= 15 is 0 Å². The fraction of sp³-hybridized carbons (Fsp3) is 0.533. The Hall–Kier alpha value is -1.31. The third kappa shape index (κ3) is 2.68. The topological polar surface area (TPSA) is 37.3 Å². The van der Waals surface area contributed by atoms with E-state index in [0.717, 1.165) is 12.8 Å². The van der Waals surface area contributed by atoms with Crippen LogP contribution in [0.2, 0.25) is 0 Å². The first-order valence-electron chi connectivity index (χ1n) is 6.48. The highest BCUT2D eigenvalue weighted by atomic mass is 16.4. The normalized spacial score (nSPS) is 26.4. The minimum Gasteiger partial charge on any atom is -0.481 e. The highest BCUT2D eigenvalue weighted by molar-refractivity contribution is 5.70. The summed E-state index contributed by atoms with van der Waals surface area (Å²) >= 11 is 0. The molecule has 3 atom stereocenters. The quantitative estimate of drug-likeness (QED) is 0.863. The smallest absolute Gasteiger partial charge is 0.306 e. The number of aliphatic carboxylic acids is 1. The highest BCUT2D eigenvalue weighted by Crippen LogP contribution is 2.41. The van der Waals surface area contributed by atoms with Crippen molar-refractivity contribution in [3.05, 3.63) is 35.9 Å². The van der Waals surface area contributed by atoms with Gasteiger partial charge >= 0.3 is 5.97 Å². The minimum atomic E-state index is -0.655. The molecule has 2 heteroatoms. The molecule has 1 aromatic rings. The summed E-state index contributed by atoms with van der Waals surface area (Å²) in [4.78, 5) is 11.2. The first-order valence-corrected chi connectivity index (χ1v) is 6.48. The van der Waals surface area contributed by atoms with Crippen molar-refractivity contribution in [3.63, 3.8) is 0 Å². The van der Waals surface area contributed by atoms with Gasteiger partial charge in [-0.3, -0.25) is 4.79 Å². The van der Waals surface area contributed by atoms with Gasteiger partial charge in [-0.25, -0.2) is 0 Å². The van der Waals surface area contributed by atoms with Crippen LogP contribution in [0.15, 0.2) is 30.3 Å². The van der Waals surface area contributed by atoms with Crippen LogP contribution in [0.5, 0.6) is 0 Å². The minimum absolute atomic E-state index is 0.236. The van der Waals surface area contributed by atoms with Crippen molar-refractivity contribution in [2.45, 2.75) is 38.5 Å². The number of carboxylic acid groups (broad SMARTS) is 1. The lowest BCUT2D eigenvalue weighted by Gasteiger charge is -2.34. The number of benzene rings is 1. The Morgan fingerprint density at radius 1 is 1.24 bits per heavy atom. The molecule has 0 heterocycles. The molecule has 2 nitrogen and oxygen atoms in total. The molecule has 1 aromatic carbocycles. The Kier molecular flexibility index (Phi) is 3.82. The second kappa shape index (κ2) is 5.35. The zero-order valence-corrected chi connectivity index (χ0v) is 10.3. The van der Waals surface area contributed by atoms with E-state index in [1.165, 1.54) is 18.4 Å². The molecule has 0 saturated heterocycles. The van der Waals surface area contributed by atoms with Crippen LogP contribution in [0.3, 0.4) is 0 Å². The number of carbonyl (C=O) groups is 1. The SMILES string of the molecule is CC(C(=O)O)C1CCCCC1c1ccccc1. The van der Waals surface area contributed by atoms with Crippen LogP contribution in [0, 0.1) is 11.8 Å². The van der Waals surface area contributed by atoms with Gasteiger partial charge in [-0.1, -0.05) is 50.1 Å². The molecule has 0 amide bonds. The van der Waals surface area contributed by atoms with E-state index in [1.807, 2.05) is 25.1 Å².